The lowest BCUT2D eigenvalue weighted by Gasteiger charge is -2.45. The highest BCUT2D eigenvalue weighted by Crippen LogP contribution is 2.60. The van der Waals surface area contributed by atoms with E-state index in [1.165, 1.54) is 0 Å². The van der Waals surface area contributed by atoms with E-state index in [1.807, 2.05) is 84.9 Å². The molecule has 4 aromatic carbocycles. The van der Waals surface area contributed by atoms with E-state index in [9.17, 15) is 19.2 Å². The van der Waals surface area contributed by atoms with Crippen LogP contribution in [0.15, 0.2) is 91.0 Å². The summed E-state index contributed by atoms with van der Waals surface area (Å²) in [4.78, 5) is 53.5. The smallest absolute Gasteiger partial charge is 0.326 e. The summed E-state index contributed by atoms with van der Waals surface area (Å²) in [5.74, 6) is -3.62. The van der Waals surface area contributed by atoms with Crippen LogP contribution in [0.4, 0.5) is 5.69 Å². The first-order chi connectivity index (χ1) is 19.0. The fourth-order valence-electron chi connectivity index (χ4n) is 6.74. The first-order valence-electron chi connectivity index (χ1n) is 13.0. The second-order valence-corrected chi connectivity index (χ2v) is 10.3. The molecule has 1 heterocycles. The van der Waals surface area contributed by atoms with Gasteiger partial charge in [-0.05, 0) is 33.7 Å². The predicted octanol–water partition coefficient (Wildman–Crippen LogP) is 4.21. The van der Waals surface area contributed by atoms with Gasteiger partial charge in [-0.25, -0.2) is 0 Å². The molecule has 2 bridgehead atoms. The van der Waals surface area contributed by atoms with Crippen molar-refractivity contribution in [2.45, 2.75) is 11.8 Å². The Labute approximate surface area is 224 Å². The number of imide groups is 1. The van der Waals surface area contributed by atoms with Gasteiger partial charge in [0, 0.05) is 22.9 Å². The zero-order valence-electron chi connectivity index (χ0n) is 20.9. The van der Waals surface area contributed by atoms with Crippen molar-refractivity contribution in [2.24, 2.45) is 11.8 Å². The first kappa shape index (κ1) is 23.3. The summed E-state index contributed by atoms with van der Waals surface area (Å²) >= 11 is 0. The van der Waals surface area contributed by atoms with Crippen LogP contribution < -0.4 is 5.32 Å². The summed E-state index contributed by atoms with van der Waals surface area (Å²) in [5, 5.41) is 4.61. The van der Waals surface area contributed by atoms with E-state index in [1.54, 1.807) is 6.07 Å². The minimum absolute atomic E-state index is 0.239. The van der Waals surface area contributed by atoms with E-state index in [4.69, 9.17) is 4.74 Å². The number of nitrogens with zero attached hydrogens (tertiary/aromatic N) is 1. The maximum Gasteiger partial charge on any atom is 0.326 e. The lowest BCUT2D eigenvalue weighted by molar-refractivity contribution is -0.154. The van der Waals surface area contributed by atoms with Gasteiger partial charge in [0.15, 0.2) is 6.61 Å². The van der Waals surface area contributed by atoms with E-state index in [0.29, 0.717) is 5.69 Å². The lowest BCUT2D eigenvalue weighted by atomic mass is 9.55. The molecule has 0 radical (unpaired) electrons. The Balaban J connectivity index is 1.07. The topological polar surface area (TPSA) is 92.8 Å². The monoisotopic (exact) mass is 516 g/mol. The highest BCUT2D eigenvalue weighted by Gasteiger charge is 2.61. The molecule has 0 spiro atoms. The molecule has 7 heteroatoms. The largest absolute Gasteiger partial charge is 0.454 e. The van der Waals surface area contributed by atoms with Crippen molar-refractivity contribution in [3.8, 4) is 0 Å². The van der Waals surface area contributed by atoms with Crippen LogP contribution in [0.5, 0.6) is 0 Å². The van der Waals surface area contributed by atoms with E-state index < -0.39 is 36.9 Å². The minimum Gasteiger partial charge on any atom is -0.454 e. The van der Waals surface area contributed by atoms with Crippen molar-refractivity contribution in [3.63, 3.8) is 0 Å². The molecule has 3 amide bonds. The molecule has 0 unspecified atom stereocenters. The van der Waals surface area contributed by atoms with Crippen molar-refractivity contribution in [3.05, 3.63) is 113 Å². The number of nitrogens with one attached hydrogen (secondary N) is 1. The van der Waals surface area contributed by atoms with Gasteiger partial charge in [0.05, 0.1) is 11.8 Å². The van der Waals surface area contributed by atoms with Crippen molar-refractivity contribution in [1.29, 1.82) is 0 Å². The van der Waals surface area contributed by atoms with Crippen LogP contribution in [0.1, 0.15) is 34.1 Å². The molecule has 7 nitrogen and oxygen atoms in total. The highest BCUT2D eigenvalue weighted by molar-refractivity contribution is 6.09. The molecule has 3 aliphatic carbocycles. The van der Waals surface area contributed by atoms with Crippen LogP contribution in [0.2, 0.25) is 0 Å². The summed E-state index contributed by atoms with van der Waals surface area (Å²) < 4.78 is 5.20. The standard InChI is InChI=1S/C32H24N2O5/c35-25(33-24-15-7-9-18-8-1-2-10-19(18)24)17-39-26(36)16-34-31(37)29-27-20-11-3-4-12-21(20)28(30(29)32(34)38)23-14-6-5-13-22(23)27/h1-15,27-30H,16-17H2,(H,33,35)/t27?,28?,29-,30-/m0/s1. The Kier molecular flexibility index (Phi) is 5.33. The normalized spacial score (nSPS) is 22.3. The number of rotatable bonds is 5. The van der Waals surface area contributed by atoms with Gasteiger partial charge >= 0.3 is 5.97 Å². The van der Waals surface area contributed by atoms with Gasteiger partial charge in [-0.1, -0.05) is 84.9 Å². The van der Waals surface area contributed by atoms with Gasteiger partial charge in [0.25, 0.3) is 5.91 Å². The number of benzene rings is 4. The molecule has 0 aromatic heterocycles. The third-order valence-corrected chi connectivity index (χ3v) is 8.25. The minimum atomic E-state index is -0.800. The number of esters is 1. The number of amides is 3. The van der Waals surface area contributed by atoms with Crippen molar-refractivity contribution < 1.29 is 23.9 Å². The number of anilines is 1. The molecule has 4 aliphatic rings. The van der Waals surface area contributed by atoms with E-state index >= 15 is 0 Å². The molecule has 2 atom stereocenters. The number of hydrogen-bond donors (Lipinski definition) is 1. The van der Waals surface area contributed by atoms with Crippen LogP contribution in [0, 0.1) is 11.8 Å². The Morgan fingerprint density at radius 2 is 1.21 bits per heavy atom. The molecule has 8 rings (SSSR count). The fraction of sp³-hybridized carbons (Fsp3) is 0.188. The second-order valence-electron chi connectivity index (χ2n) is 10.3. The Hall–Kier alpha value is -4.78. The maximum absolute atomic E-state index is 13.6. The number of hydrogen-bond acceptors (Lipinski definition) is 5. The average Bonchev–Trinajstić information content (AvgIpc) is 3.21. The zero-order valence-corrected chi connectivity index (χ0v) is 20.9. The van der Waals surface area contributed by atoms with Gasteiger partial charge in [0.1, 0.15) is 6.54 Å². The molecular weight excluding hydrogens is 492 g/mol. The van der Waals surface area contributed by atoms with E-state index in [0.717, 1.165) is 37.9 Å². The molecular formula is C32H24N2O5. The van der Waals surface area contributed by atoms with Crippen LogP contribution in [-0.2, 0) is 23.9 Å². The zero-order chi connectivity index (χ0) is 26.7. The summed E-state index contributed by atoms with van der Waals surface area (Å²) in [5.41, 5.74) is 4.88. The van der Waals surface area contributed by atoms with Gasteiger partial charge in [0.2, 0.25) is 11.8 Å². The quantitative estimate of drug-likeness (QED) is 0.317. The van der Waals surface area contributed by atoms with Crippen molar-refractivity contribution in [2.75, 3.05) is 18.5 Å². The van der Waals surface area contributed by atoms with Crippen molar-refractivity contribution in [1.82, 2.24) is 4.90 Å². The van der Waals surface area contributed by atoms with Crippen molar-refractivity contribution >= 4 is 40.2 Å². The number of likely N-dealkylation sites (tertiary alicyclic amines) is 1. The lowest BCUT2D eigenvalue weighted by Crippen LogP contribution is -2.41. The molecule has 0 saturated carbocycles. The second kappa shape index (κ2) is 8.91. The predicted molar refractivity (Wildman–Crippen MR) is 144 cm³/mol. The summed E-state index contributed by atoms with van der Waals surface area (Å²) in [7, 11) is 0. The molecule has 4 aromatic rings. The number of carbonyl (C=O) groups excluding carboxylic acids is 4. The molecule has 1 N–H and O–H groups in total. The van der Waals surface area contributed by atoms with Crippen LogP contribution in [0.25, 0.3) is 10.8 Å². The van der Waals surface area contributed by atoms with Gasteiger partial charge < -0.3 is 10.1 Å². The third-order valence-electron chi connectivity index (χ3n) is 8.25. The fourth-order valence-corrected chi connectivity index (χ4v) is 6.74. The first-order valence-corrected chi connectivity index (χ1v) is 13.0. The molecule has 39 heavy (non-hydrogen) atoms. The Morgan fingerprint density at radius 1 is 0.692 bits per heavy atom. The molecule has 1 saturated heterocycles. The van der Waals surface area contributed by atoms with Gasteiger partial charge in [-0.2, -0.15) is 0 Å². The molecule has 1 fully saturated rings. The summed E-state index contributed by atoms with van der Waals surface area (Å²) in [6, 6.07) is 29.1. The Morgan fingerprint density at radius 3 is 1.79 bits per heavy atom. The number of carbonyl (C=O) groups is 4. The van der Waals surface area contributed by atoms with Crippen LogP contribution in [-0.4, -0.2) is 41.7 Å². The summed E-state index contributed by atoms with van der Waals surface area (Å²) in [6.45, 7) is -1.04. The van der Waals surface area contributed by atoms with E-state index in [2.05, 4.69) is 5.32 Å². The van der Waals surface area contributed by atoms with E-state index in [-0.39, 0.29) is 23.7 Å². The third kappa shape index (κ3) is 3.57. The Bertz CT molecular complexity index is 1570. The average molecular weight is 517 g/mol. The van der Waals surface area contributed by atoms with Gasteiger partial charge in [-0.15, -0.1) is 0 Å². The van der Waals surface area contributed by atoms with Crippen LogP contribution in [0.3, 0.4) is 0 Å². The maximum atomic E-state index is 13.6. The van der Waals surface area contributed by atoms with Gasteiger partial charge in [-0.3, -0.25) is 24.1 Å². The summed E-state index contributed by atoms with van der Waals surface area (Å²) in [6.07, 6.45) is 0. The number of fused-ring (bicyclic) bond motifs is 1. The highest BCUT2D eigenvalue weighted by atomic mass is 16.5. The van der Waals surface area contributed by atoms with Crippen LogP contribution >= 0.6 is 0 Å². The number of ether oxygens (including phenoxy) is 1. The molecule has 1 aliphatic heterocycles. The molecule has 192 valence electrons. The SMILES string of the molecule is O=C(COC(=O)CN1C(=O)[C@H]2C3c4ccccc4C(c4ccccc43)[C@@H]2C1=O)Nc1cccc2ccccc12.